The lowest BCUT2D eigenvalue weighted by Gasteiger charge is -2.10. The number of hydrogen-bond donors (Lipinski definition) is 2. The number of thiazole rings is 2. The molecule has 0 saturated carbocycles. The van der Waals surface area contributed by atoms with Crippen molar-refractivity contribution in [2.75, 3.05) is 13.6 Å². The van der Waals surface area contributed by atoms with Gasteiger partial charge in [-0.15, -0.1) is 22.7 Å². The summed E-state index contributed by atoms with van der Waals surface area (Å²) in [5, 5.41) is 10.7. The van der Waals surface area contributed by atoms with Crippen molar-refractivity contribution in [1.82, 2.24) is 20.6 Å². The molecular formula is C15H20F3N5S2. The van der Waals surface area contributed by atoms with Gasteiger partial charge in [0.05, 0.1) is 17.2 Å². The highest BCUT2D eigenvalue weighted by Gasteiger charge is 2.33. The van der Waals surface area contributed by atoms with E-state index in [0.717, 1.165) is 27.4 Å². The van der Waals surface area contributed by atoms with E-state index in [9.17, 15) is 13.2 Å². The molecule has 0 radical (unpaired) electrons. The summed E-state index contributed by atoms with van der Waals surface area (Å²) in [6.07, 6.45) is -3.99. The van der Waals surface area contributed by atoms with Crippen molar-refractivity contribution in [2.24, 2.45) is 4.99 Å². The van der Waals surface area contributed by atoms with Gasteiger partial charge in [-0.2, -0.15) is 13.2 Å². The smallest absolute Gasteiger partial charge is 0.356 e. The van der Waals surface area contributed by atoms with E-state index in [2.05, 4.69) is 39.4 Å². The van der Waals surface area contributed by atoms with E-state index in [-0.39, 0.29) is 0 Å². The summed E-state index contributed by atoms with van der Waals surface area (Å²) in [7, 11) is 1.64. The molecule has 2 aromatic rings. The second kappa shape index (κ2) is 8.61. The molecule has 0 fully saturated rings. The number of nitrogens with one attached hydrogen (secondary N) is 2. The van der Waals surface area contributed by atoms with Gasteiger partial charge in [0.2, 0.25) is 0 Å². The second-order valence-corrected chi connectivity index (χ2v) is 7.43. The SMILES string of the molecule is CN=C(NCCc1nc(C(F)(F)F)cs1)NCc1nc(C(C)C)cs1. The van der Waals surface area contributed by atoms with E-state index in [0.29, 0.717) is 36.4 Å². The number of nitrogens with zero attached hydrogens (tertiary/aromatic N) is 3. The van der Waals surface area contributed by atoms with Gasteiger partial charge in [0.15, 0.2) is 11.7 Å². The highest BCUT2D eigenvalue weighted by atomic mass is 32.1. The van der Waals surface area contributed by atoms with Gasteiger partial charge >= 0.3 is 6.18 Å². The van der Waals surface area contributed by atoms with Crippen LogP contribution in [0.2, 0.25) is 0 Å². The Balaban J connectivity index is 1.77. The topological polar surface area (TPSA) is 62.2 Å². The quantitative estimate of drug-likeness (QED) is 0.583. The summed E-state index contributed by atoms with van der Waals surface area (Å²) >= 11 is 2.60. The zero-order valence-electron chi connectivity index (χ0n) is 14.1. The third-order valence-electron chi connectivity index (χ3n) is 3.27. The minimum Gasteiger partial charge on any atom is -0.356 e. The predicted octanol–water partition coefficient (Wildman–Crippen LogP) is 3.65. The summed E-state index contributed by atoms with van der Waals surface area (Å²) < 4.78 is 37.5. The first-order chi connectivity index (χ1) is 11.8. The summed E-state index contributed by atoms with van der Waals surface area (Å²) in [6, 6.07) is 0. The van der Waals surface area contributed by atoms with Gasteiger partial charge in [-0.1, -0.05) is 13.8 Å². The Morgan fingerprint density at radius 2 is 1.88 bits per heavy atom. The maximum atomic E-state index is 12.5. The molecule has 0 aliphatic rings. The van der Waals surface area contributed by atoms with Crippen LogP contribution in [-0.4, -0.2) is 29.5 Å². The van der Waals surface area contributed by atoms with Crippen LogP contribution in [0.25, 0.3) is 0 Å². The molecule has 2 rings (SSSR count). The number of hydrogen-bond acceptors (Lipinski definition) is 5. The summed E-state index contributed by atoms with van der Waals surface area (Å²) in [5.74, 6) is 0.969. The molecule has 0 bridgehead atoms. The van der Waals surface area contributed by atoms with Gasteiger partial charge in [-0.05, 0) is 5.92 Å². The minimum atomic E-state index is -4.39. The molecule has 0 atom stereocenters. The van der Waals surface area contributed by atoms with Gasteiger partial charge < -0.3 is 10.6 Å². The molecule has 0 aliphatic heterocycles. The zero-order chi connectivity index (χ0) is 18.4. The van der Waals surface area contributed by atoms with Crippen molar-refractivity contribution in [3.63, 3.8) is 0 Å². The van der Waals surface area contributed by atoms with Gasteiger partial charge in [0.25, 0.3) is 0 Å². The Morgan fingerprint density at radius 3 is 2.44 bits per heavy atom. The lowest BCUT2D eigenvalue weighted by molar-refractivity contribution is -0.140. The first-order valence-electron chi connectivity index (χ1n) is 7.70. The van der Waals surface area contributed by atoms with Gasteiger partial charge in [-0.3, -0.25) is 4.99 Å². The normalized spacial score (nSPS) is 12.7. The van der Waals surface area contributed by atoms with Crippen LogP contribution in [-0.2, 0) is 19.1 Å². The minimum absolute atomic E-state index is 0.391. The Bertz CT molecular complexity index is 706. The number of aliphatic imine (C=N–C) groups is 1. The molecule has 0 amide bonds. The number of halogens is 3. The Morgan fingerprint density at radius 1 is 1.16 bits per heavy atom. The van der Waals surface area contributed by atoms with Gasteiger partial charge in [0, 0.05) is 30.8 Å². The fourth-order valence-electron chi connectivity index (χ4n) is 1.90. The molecule has 0 aliphatic carbocycles. The van der Waals surface area contributed by atoms with E-state index < -0.39 is 11.9 Å². The van der Waals surface area contributed by atoms with Crippen LogP contribution in [0.1, 0.15) is 41.2 Å². The molecular weight excluding hydrogens is 371 g/mol. The Kier molecular flexibility index (Phi) is 6.77. The average Bonchev–Trinajstić information content (AvgIpc) is 3.19. The van der Waals surface area contributed by atoms with Gasteiger partial charge in [0.1, 0.15) is 5.01 Å². The van der Waals surface area contributed by atoms with E-state index in [1.54, 1.807) is 18.4 Å². The molecule has 2 aromatic heterocycles. The van der Waals surface area contributed by atoms with Crippen molar-refractivity contribution in [1.29, 1.82) is 0 Å². The van der Waals surface area contributed by atoms with Gasteiger partial charge in [-0.25, -0.2) is 9.97 Å². The number of aromatic nitrogens is 2. The number of guanidine groups is 1. The van der Waals surface area contributed by atoms with Crippen molar-refractivity contribution in [3.05, 3.63) is 32.2 Å². The van der Waals surface area contributed by atoms with E-state index in [4.69, 9.17) is 0 Å². The fourth-order valence-corrected chi connectivity index (χ4v) is 3.60. The van der Waals surface area contributed by atoms with E-state index >= 15 is 0 Å². The van der Waals surface area contributed by atoms with Crippen LogP contribution in [0.15, 0.2) is 15.8 Å². The molecule has 0 aromatic carbocycles. The monoisotopic (exact) mass is 391 g/mol. The van der Waals surface area contributed by atoms with Crippen molar-refractivity contribution in [3.8, 4) is 0 Å². The first-order valence-corrected chi connectivity index (χ1v) is 9.46. The predicted molar refractivity (Wildman–Crippen MR) is 95.2 cm³/mol. The standard InChI is InChI=1S/C15H20F3N5S2/c1-9(2)10-7-24-13(22-10)6-21-14(19-3)20-5-4-12-23-11(8-25-12)15(16,17)18/h7-9H,4-6H2,1-3H3,(H2,19,20,21). The molecule has 0 saturated heterocycles. The Labute approximate surface area is 152 Å². The maximum Gasteiger partial charge on any atom is 0.434 e. The van der Waals surface area contributed by atoms with Crippen molar-refractivity contribution >= 4 is 28.6 Å². The molecule has 0 spiro atoms. The molecule has 2 heterocycles. The van der Waals surface area contributed by atoms with Crippen molar-refractivity contribution < 1.29 is 13.2 Å². The first kappa shape index (κ1) is 19.6. The van der Waals surface area contributed by atoms with Crippen molar-refractivity contribution in [2.45, 2.75) is 38.9 Å². The third-order valence-corrected chi connectivity index (χ3v) is 5.04. The van der Waals surface area contributed by atoms with E-state index in [1.807, 2.05) is 5.38 Å². The van der Waals surface area contributed by atoms with Crippen LogP contribution in [0, 0.1) is 0 Å². The largest absolute Gasteiger partial charge is 0.434 e. The summed E-state index contributed by atoms with van der Waals surface area (Å²) in [4.78, 5) is 12.2. The van der Waals surface area contributed by atoms with Crippen LogP contribution < -0.4 is 10.6 Å². The average molecular weight is 391 g/mol. The van der Waals surface area contributed by atoms with Crippen LogP contribution in [0.5, 0.6) is 0 Å². The molecule has 0 unspecified atom stereocenters. The highest BCUT2D eigenvalue weighted by Crippen LogP contribution is 2.30. The summed E-state index contributed by atoms with van der Waals surface area (Å²) in [6.45, 7) is 5.18. The molecule has 2 N–H and O–H groups in total. The second-order valence-electron chi connectivity index (χ2n) is 5.55. The molecule has 138 valence electrons. The number of alkyl halides is 3. The van der Waals surface area contributed by atoms with Crippen LogP contribution >= 0.6 is 22.7 Å². The molecule has 10 heteroatoms. The maximum absolute atomic E-state index is 12.5. The van der Waals surface area contributed by atoms with E-state index in [1.165, 1.54) is 0 Å². The number of rotatable bonds is 6. The summed E-state index contributed by atoms with van der Waals surface area (Å²) in [5.41, 5.74) is 0.230. The fraction of sp³-hybridized carbons (Fsp3) is 0.533. The molecule has 25 heavy (non-hydrogen) atoms. The lowest BCUT2D eigenvalue weighted by atomic mass is 10.2. The molecule has 5 nitrogen and oxygen atoms in total. The van der Waals surface area contributed by atoms with Crippen LogP contribution in [0.4, 0.5) is 13.2 Å². The highest BCUT2D eigenvalue weighted by molar-refractivity contribution is 7.09. The lowest BCUT2D eigenvalue weighted by Crippen LogP contribution is -2.37. The zero-order valence-corrected chi connectivity index (χ0v) is 15.8. The van der Waals surface area contributed by atoms with Crippen LogP contribution in [0.3, 0.4) is 0 Å². The Hall–Kier alpha value is -1.68. The third kappa shape index (κ3) is 5.96.